The molecule has 0 aliphatic carbocycles. The molecule has 0 amide bonds. The van der Waals surface area contributed by atoms with Crippen molar-refractivity contribution in [1.29, 1.82) is 0 Å². The van der Waals surface area contributed by atoms with Crippen molar-refractivity contribution in [2.75, 3.05) is 6.54 Å². The Labute approximate surface area is 104 Å². The highest BCUT2D eigenvalue weighted by molar-refractivity contribution is 7.15. The van der Waals surface area contributed by atoms with Crippen molar-refractivity contribution in [1.82, 2.24) is 4.90 Å². The first-order valence-corrected chi connectivity index (χ1v) is 6.60. The maximum Gasteiger partial charge on any atom is 0.324 e. The molecule has 17 heavy (non-hydrogen) atoms. The molecule has 1 aromatic rings. The number of rotatable bonds is 3. The molecule has 1 aliphatic heterocycles. The van der Waals surface area contributed by atoms with Gasteiger partial charge in [-0.3, -0.25) is 15.0 Å². The number of nitrogens with zero attached hydrogens (tertiary/aromatic N) is 2. The molecule has 2 rings (SSSR count). The van der Waals surface area contributed by atoms with Gasteiger partial charge >= 0.3 is 5.00 Å². The van der Waals surface area contributed by atoms with Gasteiger partial charge in [0.2, 0.25) is 0 Å². The third kappa shape index (κ3) is 3.02. The van der Waals surface area contributed by atoms with E-state index in [9.17, 15) is 10.1 Å². The quantitative estimate of drug-likeness (QED) is 0.662. The van der Waals surface area contributed by atoms with E-state index < -0.39 is 0 Å². The summed E-state index contributed by atoms with van der Waals surface area (Å²) in [6, 6.07) is 4.20. The van der Waals surface area contributed by atoms with Crippen LogP contribution in [0.5, 0.6) is 0 Å². The van der Waals surface area contributed by atoms with Crippen LogP contribution in [0.2, 0.25) is 0 Å². The van der Waals surface area contributed by atoms with Gasteiger partial charge in [0.1, 0.15) is 0 Å². The number of nitrogens with two attached hydrogens (primary N) is 1. The normalized spacial score (nSPS) is 26.0. The van der Waals surface area contributed by atoms with Gasteiger partial charge in [-0.2, -0.15) is 0 Å². The Morgan fingerprint density at radius 1 is 1.65 bits per heavy atom. The molecule has 1 aromatic heterocycles. The zero-order valence-electron chi connectivity index (χ0n) is 9.83. The second kappa shape index (κ2) is 5.12. The van der Waals surface area contributed by atoms with Crippen LogP contribution < -0.4 is 5.73 Å². The molecule has 2 atom stereocenters. The molecule has 0 radical (unpaired) electrons. The molecule has 0 aromatic carbocycles. The Balaban J connectivity index is 1.98. The minimum atomic E-state index is -0.330. The molecule has 5 nitrogen and oxygen atoms in total. The largest absolute Gasteiger partial charge is 0.328 e. The maximum absolute atomic E-state index is 10.6. The second-order valence-corrected chi connectivity index (χ2v) is 5.75. The Bertz CT molecular complexity index is 407. The molecular formula is C11H17N3O2S. The monoisotopic (exact) mass is 255 g/mol. The van der Waals surface area contributed by atoms with Crippen LogP contribution in [0.3, 0.4) is 0 Å². The zero-order valence-corrected chi connectivity index (χ0v) is 10.7. The van der Waals surface area contributed by atoms with Crippen molar-refractivity contribution in [2.45, 2.75) is 38.4 Å². The summed E-state index contributed by atoms with van der Waals surface area (Å²) in [6.45, 7) is 3.95. The van der Waals surface area contributed by atoms with Gasteiger partial charge in [-0.05, 0) is 25.8 Å². The maximum atomic E-state index is 10.6. The van der Waals surface area contributed by atoms with Crippen molar-refractivity contribution in [3.63, 3.8) is 0 Å². The van der Waals surface area contributed by atoms with Gasteiger partial charge in [0.15, 0.2) is 0 Å². The zero-order chi connectivity index (χ0) is 12.4. The standard InChI is InChI=1S/C11H17N3O2S/c1-8-6-9(12)4-5-13(8)7-10-2-3-11(17-10)14(15)16/h2-3,8-9H,4-7,12H2,1H3. The lowest BCUT2D eigenvalue weighted by molar-refractivity contribution is -0.380. The van der Waals surface area contributed by atoms with E-state index in [4.69, 9.17) is 5.73 Å². The Kier molecular flexibility index (Phi) is 3.76. The SMILES string of the molecule is CC1CC(N)CCN1Cc1ccc([N+](=O)[O-])s1. The van der Waals surface area contributed by atoms with Crippen LogP contribution in [0, 0.1) is 10.1 Å². The minimum absolute atomic E-state index is 0.223. The predicted octanol–water partition coefficient (Wildman–Crippen LogP) is 1.97. The third-order valence-electron chi connectivity index (χ3n) is 3.24. The first-order valence-electron chi connectivity index (χ1n) is 5.79. The van der Waals surface area contributed by atoms with E-state index in [0.717, 1.165) is 30.8 Å². The molecule has 94 valence electrons. The molecule has 1 saturated heterocycles. The number of nitro groups is 1. The number of thiophene rings is 1. The summed E-state index contributed by atoms with van der Waals surface area (Å²) in [7, 11) is 0. The molecule has 2 heterocycles. The smallest absolute Gasteiger partial charge is 0.324 e. The second-order valence-electron chi connectivity index (χ2n) is 4.60. The molecule has 0 saturated carbocycles. The Morgan fingerprint density at radius 2 is 2.41 bits per heavy atom. The lowest BCUT2D eigenvalue weighted by Crippen LogP contribution is -2.44. The highest BCUT2D eigenvalue weighted by atomic mass is 32.1. The van der Waals surface area contributed by atoms with Crippen molar-refractivity contribution in [3.05, 3.63) is 27.1 Å². The van der Waals surface area contributed by atoms with Crippen molar-refractivity contribution < 1.29 is 4.92 Å². The van der Waals surface area contributed by atoms with Crippen molar-refractivity contribution in [2.24, 2.45) is 5.73 Å². The summed E-state index contributed by atoms with van der Waals surface area (Å²) < 4.78 is 0. The van der Waals surface area contributed by atoms with Gasteiger partial charge in [-0.25, -0.2) is 0 Å². The van der Waals surface area contributed by atoms with Crippen LogP contribution in [0.4, 0.5) is 5.00 Å². The fraction of sp³-hybridized carbons (Fsp3) is 0.636. The van der Waals surface area contributed by atoms with Gasteiger partial charge in [-0.1, -0.05) is 11.3 Å². The van der Waals surface area contributed by atoms with Crippen LogP contribution in [-0.4, -0.2) is 28.5 Å². The van der Waals surface area contributed by atoms with E-state index in [0.29, 0.717) is 12.1 Å². The van der Waals surface area contributed by atoms with Crippen LogP contribution in [0.25, 0.3) is 0 Å². The fourth-order valence-electron chi connectivity index (χ4n) is 2.24. The van der Waals surface area contributed by atoms with Crippen LogP contribution >= 0.6 is 11.3 Å². The summed E-state index contributed by atoms with van der Waals surface area (Å²) in [5.41, 5.74) is 5.91. The number of piperidine rings is 1. The first-order chi connectivity index (χ1) is 8.06. The van der Waals surface area contributed by atoms with Crippen LogP contribution in [0.15, 0.2) is 12.1 Å². The van der Waals surface area contributed by atoms with E-state index in [1.807, 2.05) is 6.07 Å². The highest BCUT2D eigenvalue weighted by Crippen LogP contribution is 2.27. The van der Waals surface area contributed by atoms with E-state index in [-0.39, 0.29) is 9.92 Å². The van der Waals surface area contributed by atoms with Crippen molar-refractivity contribution in [3.8, 4) is 0 Å². The Morgan fingerprint density at radius 3 is 3.00 bits per heavy atom. The molecule has 0 bridgehead atoms. The average molecular weight is 255 g/mol. The highest BCUT2D eigenvalue weighted by Gasteiger charge is 2.24. The third-order valence-corrected chi connectivity index (χ3v) is 4.26. The molecular weight excluding hydrogens is 238 g/mol. The molecule has 2 N–H and O–H groups in total. The van der Waals surface area contributed by atoms with E-state index in [1.54, 1.807) is 6.07 Å². The van der Waals surface area contributed by atoms with E-state index in [1.165, 1.54) is 11.3 Å². The number of likely N-dealkylation sites (tertiary alicyclic amines) is 1. The topological polar surface area (TPSA) is 72.4 Å². The van der Waals surface area contributed by atoms with Crippen LogP contribution in [-0.2, 0) is 6.54 Å². The van der Waals surface area contributed by atoms with E-state index >= 15 is 0 Å². The average Bonchev–Trinajstić information content (AvgIpc) is 2.71. The Hall–Kier alpha value is -0.980. The summed E-state index contributed by atoms with van der Waals surface area (Å²) in [6.07, 6.45) is 2.02. The minimum Gasteiger partial charge on any atom is -0.328 e. The van der Waals surface area contributed by atoms with Crippen LogP contribution in [0.1, 0.15) is 24.6 Å². The molecule has 1 aliphatic rings. The molecule has 0 spiro atoms. The van der Waals surface area contributed by atoms with Gasteiger partial charge in [0.05, 0.1) is 4.92 Å². The van der Waals surface area contributed by atoms with E-state index in [2.05, 4.69) is 11.8 Å². The number of hydrogen-bond acceptors (Lipinski definition) is 5. The van der Waals surface area contributed by atoms with Gasteiger partial charge < -0.3 is 5.73 Å². The fourth-order valence-corrected chi connectivity index (χ4v) is 3.09. The summed E-state index contributed by atoms with van der Waals surface area (Å²) in [5.74, 6) is 0. The van der Waals surface area contributed by atoms with Gasteiger partial charge in [-0.15, -0.1) is 0 Å². The predicted molar refractivity (Wildman–Crippen MR) is 68.1 cm³/mol. The molecule has 1 fully saturated rings. The van der Waals surface area contributed by atoms with Gasteiger partial charge in [0.25, 0.3) is 0 Å². The molecule has 2 unspecified atom stereocenters. The van der Waals surface area contributed by atoms with Gasteiger partial charge in [0, 0.05) is 36.1 Å². The lowest BCUT2D eigenvalue weighted by atomic mass is 9.99. The first kappa shape index (κ1) is 12.5. The number of hydrogen-bond donors (Lipinski definition) is 1. The summed E-state index contributed by atoms with van der Waals surface area (Å²) in [4.78, 5) is 13.7. The summed E-state index contributed by atoms with van der Waals surface area (Å²) >= 11 is 1.27. The lowest BCUT2D eigenvalue weighted by Gasteiger charge is -2.35. The van der Waals surface area contributed by atoms with Crippen molar-refractivity contribution >= 4 is 16.3 Å². The summed E-state index contributed by atoms with van der Waals surface area (Å²) in [5, 5.41) is 10.8. The molecule has 6 heteroatoms.